The third-order valence-electron chi connectivity index (χ3n) is 1.43. The van der Waals surface area contributed by atoms with Crippen molar-refractivity contribution in [1.29, 1.82) is 0 Å². The van der Waals surface area contributed by atoms with Crippen LogP contribution in [0.1, 0.15) is 10.5 Å². The van der Waals surface area contributed by atoms with Crippen LogP contribution in [0.4, 0.5) is 0 Å². The zero-order valence-corrected chi connectivity index (χ0v) is 5.88. The first-order valence-corrected chi connectivity index (χ1v) is 3.15. The molecule has 0 unspecified atom stereocenters. The lowest BCUT2D eigenvalue weighted by atomic mass is 10.4. The van der Waals surface area contributed by atoms with Gasteiger partial charge in [-0.15, -0.1) is 0 Å². The molecule has 1 N–H and O–H groups in total. The second kappa shape index (κ2) is 2.26. The minimum atomic E-state index is -1.08. The Morgan fingerprint density at radius 1 is 1.58 bits per heavy atom. The van der Waals surface area contributed by atoms with Crippen LogP contribution in [0.25, 0.3) is 5.52 Å². The van der Waals surface area contributed by atoms with Gasteiger partial charge in [0, 0.05) is 0 Å². The van der Waals surface area contributed by atoms with Gasteiger partial charge >= 0.3 is 5.97 Å². The first kappa shape index (κ1) is 6.71. The van der Waals surface area contributed by atoms with Crippen molar-refractivity contribution >= 4 is 11.5 Å². The Morgan fingerprint density at radius 3 is 3.17 bits per heavy atom. The molecule has 2 aromatic heterocycles. The van der Waals surface area contributed by atoms with Crippen LogP contribution >= 0.6 is 0 Å². The monoisotopic (exact) mass is 164 g/mol. The van der Waals surface area contributed by atoms with Gasteiger partial charge < -0.3 is 5.11 Å². The fourth-order valence-corrected chi connectivity index (χ4v) is 0.916. The number of carboxylic acids is 1. The average Bonchev–Trinajstić information content (AvgIpc) is 2.47. The molecule has 0 saturated carbocycles. The molecule has 2 heterocycles. The van der Waals surface area contributed by atoms with Gasteiger partial charge in [0.2, 0.25) is 0 Å². The van der Waals surface area contributed by atoms with Crippen LogP contribution in [-0.4, -0.2) is 30.7 Å². The van der Waals surface area contributed by atoms with E-state index in [1.54, 1.807) is 0 Å². The molecule has 0 amide bonds. The Kier molecular flexibility index (Phi) is 1.26. The van der Waals surface area contributed by atoms with Gasteiger partial charge in [0.05, 0.1) is 6.20 Å². The molecule has 0 bridgehead atoms. The highest BCUT2D eigenvalue weighted by molar-refractivity contribution is 5.92. The number of aromatic nitrogens is 4. The fourth-order valence-electron chi connectivity index (χ4n) is 0.916. The van der Waals surface area contributed by atoms with E-state index in [4.69, 9.17) is 5.11 Å². The van der Waals surface area contributed by atoms with Crippen molar-refractivity contribution in [1.82, 2.24) is 19.6 Å². The van der Waals surface area contributed by atoms with Crippen molar-refractivity contribution in [3.8, 4) is 0 Å². The van der Waals surface area contributed by atoms with Crippen LogP contribution in [0.2, 0.25) is 0 Å². The molecule has 2 rings (SSSR count). The van der Waals surface area contributed by atoms with Gasteiger partial charge in [-0.25, -0.2) is 19.3 Å². The molecule has 0 aliphatic heterocycles. The number of imidazole rings is 1. The molecule has 6 nitrogen and oxygen atoms in total. The van der Waals surface area contributed by atoms with Crippen molar-refractivity contribution < 1.29 is 9.90 Å². The number of hydrogen-bond acceptors (Lipinski definition) is 4. The number of carbonyl (C=O) groups is 1. The Labute approximate surface area is 66.5 Å². The summed E-state index contributed by atoms with van der Waals surface area (Å²) < 4.78 is 1.36. The topological polar surface area (TPSA) is 80.4 Å². The predicted molar refractivity (Wildman–Crippen MR) is 37.7 cm³/mol. The summed E-state index contributed by atoms with van der Waals surface area (Å²) in [6.45, 7) is 0. The molecular formula is C6H4N4O2. The second-order valence-electron chi connectivity index (χ2n) is 2.14. The molecule has 0 spiro atoms. The van der Waals surface area contributed by atoms with Gasteiger partial charge in [-0.1, -0.05) is 0 Å². The lowest BCUT2D eigenvalue weighted by Crippen LogP contribution is -1.98. The van der Waals surface area contributed by atoms with Crippen LogP contribution in [0, 0.1) is 0 Å². The zero-order valence-electron chi connectivity index (χ0n) is 5.88. The van der Waals surface area contributed by atoms with E-state index in [9.17, 15) is 4.79 Å². The lowest BCUT2D eigenvalue weighted by molar-refractivity contribution is 0.0693. The van der Waals surface area contributed by atoms with Crippen LogP contribution < -0.4 is 0 Å². The summed E-state index contributed by atoms with van der Waals surface area (Å²) in [5.41, 5.74) is 0.362. The normalized spacial score (nSPS) is 10.3. The molecule has 60 valence electrons. The number of hydrogen-bond donors (Lipinski definition) is 1. The van der Waals surface area contributed by atoms with Crippen LogP contribution in [0.15, 0.2) is 18.9 Å². The molecule has 0 atom stereocenters. The highest BCUT2D eigenvalue weighted by Gasteiger charge is 2.11. The Balaban J connectivity index is 2.79. The number of rotatable bonds is 1. The van der Waals surface area contributed by atoms with Crippen LogP contribution in [0.5, 0.6) is 0 Å². The molecule has 0 radical (unpaired) electrons. The van der Waals surface area contributed by atoms with E-state index < -0.39 is 5.97 Å². The van der Waals surface area contributed by atoms with E-state index in [0.29, 0.717) is 5.52 Å². The van der Waals surface area contributed by atoms with Crippen molar-refractivity contribution in [2.45, 2.75) is 0 Å². The maximum Gasteiger partial charge on any atom is 0.356 e. The molecular weight excluding hydrogens is 160 g/mol. The summed E-state index contributed by atoms with van der Waals surface area (Å²) in [7, 11) is 0. The van der Waals surface area contributed by atoms with Gasteiger partial charge in [-0.05, 0) is 0 Å². The number of nitrogens with zero attached hydrogens (tertiary/aromatic N) is 4. The molecule has 6 heteroatoms. The smallest absolute Gasteiger partial charge is 0.356 e. The summed E-state index contributed by atoms with van der Waals surface area (Å²) in [6, 6.07) is 0. The van der Waals surface area contributed by atoms with Crippen molar-refractivity contribution in [3.05, 3.63) is 24.5 Å². The predicted octanol–water partition coefficient (Wildman–Crippen LogP) is -0.178. The molecule has 0 fully saturated rings. The van der Waals surface area contributed by atoms with Gasteiger partial charge in [-0.3, -0.25) is 0 Å². The molecule has 2 aromatic rings. The molecule has 0 aliphatic rings. The lowest BCUT2D eigenvalue weighted by Gasteiger charge is -1.89. The van der Waals surface area contributed by atoms with E-state index >= 15 is 0 Å². The maximum atomic E-state index is 10.5. The third kappa shape index (κ3) is 0.815. The van der Waals surface area contributed by atoms with Crippen LogP contribution in [-0.2, 0) is 0 Å². The van der Waals surface area contributed by atoms with Gasteiger partial charge in [-0.2, -0.15) is 5.10 Å². The highest BCUT2D eigenvalue weighted by atomic mass is 16.4. The largest absolute Gasteiger partial charge is 0.476 e. The summed E-state index contributed by atoms with van der Waals surface area (Å²) >= 11 is 0. The van der Waals surface area contributed by atoms with E-state index in [2.05, 4.69) is 15.1 Å². The highest BCUT2D eigenvalue weighted by Crippen LogP contribution is 2.04. The zero-order chi connectivity index (χ0) is 8.55. The SMILES string of the molecule is O=C(O)c1ncn2ncncc12. The van der Waals surface area contributed by atoms with E-state index in [1.807, 2.05) is 0 Å². The van der Waals surface area contributed by atoms with Crippen molar-refractivity contribution in [3.63, 3.8) is 0 Å². The van der Waals surface area contributed by atoms with Gasteiger partial charge in [0.25, 0.3) is 0 Å². The Hall–Kier alpha value is -1.98. The number of carboxylic acid groups (broad SMARTS) is 1. The summed E-state index contributed by atoms with van der Waals surface area (Å²) in [5.74, 6) is -1.08. The summed E-state index contributed by atoms with van der Waals surface area (Å²) in [5, 5.41) is 12.4. The second-order valence-corrected chi connectivity index (χ2v) is 2.14. The van der Waals surface area contributed by atoms with E-state index in [-0.39, 0.29) is 5.69 Å². The standard InChI is InChI=1S/C6H4N4O2/c11-6(12)5-4-1-7-2-9-10(4)3-8-5/h1-3H,(H,11,12). The first-order valence-electron chi connectivity index (χ1n) is 3.15. The molecule has 12 heavy (non-hydrogen) atoms. The fraction of sp³-hybridized carbons (Fsp3) is 0. The number of fused-ring (bicyclic) bond motifs is 1. The van der Waals surface area contributed by atoms with E-state index in [1.165, 1.54) is 23.4 Å². The minimum Gasteiger partial charge on any atom is -0.476 e. The van der Waals surface area contributed by atoms with Crippen molar-refractivity contribution in [2.75, 3.05) is 0 Å². The van der Waals surface area contributed by atoms with Crippen LogP contribution in [0.3, 0.4) is 0 Å². The molecule has 0 saturated heterocycles. The minimum absolute atomic E-state index is 0.0319. The molecule has 0 aliphatic carbocycles. The van der Waals surface area contributed by atoms with E-state index in [0.717, 1.165) is 0 Å². The van der Waals surface area contributed by atoms with Gasteiger partial charge in [0.15, 0.2) is 5.69 Å². The Bertz CT molecular complexity index is 436. The Morgan fingerprint density at radius 2 is 2.42 bits per heavy atom. The number of aromatic carboxylic acids is 1. The third-order valence-corrected chi connectivity index (χ3v) is 1.43. The quantitative estimate of drug-likeness (QED) is 0.632. The summed E-state index contributed by atoms with van der Waals surface area (Å²) in [6.07, 6.45) is 4.06. The first-order chi connectivity index (χ1) is 5.79. The van der Waals surface area contributed by atoms with Crippen molar-refractivity contribution in [2.24, 2.45) is 0 Å². The molecule has 0 aromatic carbocycles. The maximum absolute atomic E-state index is 10.5. The van der Waals surface area contributed by atoms with Gasteiger partial charge in [0.1, 0.15) is 18.2 Å². The summed E-state index contributed by atoms with van der Waals surface area (Å²) in [4.78, 5) is 17.9. The average molecular weight is 164 g/mol.